The Balaban J connectivity index is 2.08. The van der Waals surface area contributed by atoms with Crippen molar-refractivity contribution in [2.75, 3.05) is 11.1 Å². The van der Waals surface area contributed by atoms with E-state index in [1.807, 2.05) is 30.3 Å². The number of anilines is 2. The van der Waals surface area contributed by atoms with Crippen molar-refractivity contribution < 1.29 is 0 Å². The van der Waals surface area contributed by atoms with Gasteiger partial charge in [0, 0.05) is 17.4 Å². The Morgan fingerprint density at radius 1 is 0.938 bits per heavy atom. The van der Waals surface area contributed by atoms with Crippen LogP contribution in [0.4, 0.5) is 11.4 Å². The van der Waals surface area contributed by atoms with Crippen LogP contribution in [0.2, 0.25) is 0 Å². The van der Waals surface area contributed by atoms with E-state index in [1.54, 1.807) is 0 Å². The molecule has 0 aliphatic heterocycles. The van der Waals surface area contributed by atoms with Crippen LogP contribution in [-0.2, 0) is 0 Å². The molecule has 2 nitrogen and oxygen atoms in total. The normalized spacial score (nSPS) is 12.1. The molecule has 0 aliphatic carbocycles. The second-order valence-corrected chi connectivity index (χ2v) is 3.90. The van der Waals surface area contributed by atoms with Crippen LogP contribution in [0.5, 0.6) is 0 Å². The Morgan fingerprint density at radius 3 is 2.19 bits per heavy atom. The van der Waals surface area contributed by atoms with Gasteiger partial charge in [0.25, 0.3) is 0 Å². The van der Waals surface area contributed by atoms with E-state index in [0.29, 0.717) is 6.04 Å². The van der Waals surface area contributed by atoms with Gasteiger partial charge in [-0.1, -0.05) is 30.3 Å². The zero-order chi connectivity index (χ0) is 11.4. The van der Waals surface area contributed by atoms with Crippen LogP contribution in [0.1, 0.15) is 18.5 Å². The molecule has 2 aromatic carbocycles. The first-order chi connectivity index (χ1) is 7.75. The molecule has 0 spiro atoms. The first-order valence-corrected chi connectivity index (χ1v) is 5.43. The van der Waals surface area contributed by atoms with Crippen LogP contribution in [-0.4, -0.2) is 0 Å². The predicted molar refractivity (Wildman–Crippen MR) is 69.3 cm³/mol. The Labute approximate surface area is 96.1 Å². The van der Waals surface area contributed by atoms with Gasteiger partial charge in [0.15, 0.2) is 0 Å². The number of benzene rings is 2. The lowest BCUT2D eigenvalue weighted by Gasteiger charge is -2.15. The van der Waals surface area contributed by atoms with E-state index in [2.05, 4.69) is 36.5 Å². The Kier molecular flexibility index (Phi) is 3.10. The monoisotopic (exact) mass is 212 g/mol. The molecule has 2 aromatic rings. The fourth-order valence-electron chi connectivity index (χ4n) is 1.65. The molecule has 0 bridgehead atoms. The van der Waals surface area contributed by atoms with Crippen LogP contribution in [0.15, 0.2) is 54.6 Å². The highest BCUT2D eigenvalue weighted by Gasteiger charge is 2.03. The second-order valence-electron chi connectivity index (χ2n) is 3.90. The summed E-state index contributed by atoms with van der Waals surface area (Å²) in [6, 6.07) is 18.5. The highest BCUT2D eigenvalue weighted by atomic mass is 14.9. The van der Waals surface area contributed by atoms with Crippen molar-refractivity contribution in [3.05, 3.63) is 60.2 Å². The van der Waals surface area contributed by atoms with Crippen LogP contribution in [0.25, 0.3) is 0 Å². The molecule has 2 rings (SSSR count). The number of hydrogen-bond acceptors (Lipinski definition) is 2. The zero-order valence-corrected chi connectivity index (χ0v) is 9.35. The van der Waals surface area contributed by atoms with Gasteiger partial charge in [-0.3, -0.25) is 0 Å². The molecule has 3 N–H and O–H groups in total. The van der Waals surface area contributed by atoms with E-state index in [9.17, 15) is 0 Å². The summed E-state index contributed by atoms with van der Waals surface area (Å²) in [7, 11) is 0. The van der Waals surface area contributed by atoms with Gasteiger partial charge in [-0.2, -0.15) is 0 Å². The molecule has 0 fully saturated rings. The molecule has 0 saturated carbocycles. The van der Waals surface area contributed by atoms with Crippen LogP contribution in [0.3, 0.4) is 0 Å². The molecule has 16 heavy (non-hydrogen) atoms. The number of rotatable bonds is 3. The summed E-state index contributed by atoms with van der Waals surface area (Å²) in [5, 5.41) is 3.43. The fourth-order valence-corrected chi connectivity index (χ4v) is 1.65. The van der Waals surface area contributed by atoms with Crippen molar-refractivity contribution in [2.24, 2.45) is 0 Å². The molecule has 0 saturated heterocycles. The summed E-state index contributed by atoms with van der Waals surface area (Å²) in [5.74, 6) is 0. The molecule has 0 aliphatic rings. The molecule has 1 atom stereocenters. The van der Waals surface area contributed by atoms with Crippen molar-refractivity contribution in [1.82, 2.24) is 0 Å². The summed E-state index contributed by atoms with van der Waals surface area (Å²) in [6.07, 6.45) is 0. The van der Waals surface area contributed by atoms with Crippen LogP contribution < -0.4 is 11.1 Å². The zero-order valence-electron chi connectivity index (χ0n) is 9.35. The van der Waals surface area contributed by atoms with Crippen LogP contribution in [0, 0.1) is 0 Å². The van der Waals surface area contributed by atoms with E-state index < -0.39 is 0 Å². The van der Waals surface area contributed by atoms with E-state index in [-0.39, 0.29) is 0 Å². The second kappa shape index (κ2) is 4.71. The van der Waals surface area contributed by atoms with Gasteiger partial charge in [-0.25, -0.2) is 0 Å². The molecule has 0 aromatic heterocycles. The van der Waals surface area contributed by atoms with Gasteiger partial charge >= 0.3 is 0 Å². The van der Waals surface area contributed by atoms with Crippen molar-refractivity contribution in [2.45, 2.75) is 13.0 Å². The smallest absolute Gasteiger partial charge is 0.0485 e. The molecule has 82 valence electrons. The molecular weight excluding hydrogens is 196 g/mol. The summed E-state index contributed by atoms with van der Waals surface area (Å²) in [6.45, 7) is 2.14. The van der Waals surface area contributed by atoms with E-state index in [1.165, 1.54) is 5.56 Å². The van der Waals surface area contributed by atoms with Crippen molar-refractivity contribution in [1.29, 1.82) is 0 Å². The first kappa shape index (κ1) is 10.6. The molecule has 1 unspecified atom stereocenters. The maximum Gasteiger partial charge on any atom is 0.0485 e. The lowest BCUT2D eigenvalue weighted by Crippen LogP contribution is -2.06. The van der Waals surface area contributed by atoms with Crippen molar-refractivity contribution in [3.63, 3.8) is 0 Å². The average Bonchev–Trinajstić information content (AvgIpc) is 2.33. The van der Waals surface area contributed by atoms with Gasteiger partial charge in [0.1, 0.15) is 0 Å². The third-order valence-electron chi connectivity index (χ3n) is 2.59. The molecule has 2 heteroatoms. The number of hydrogen-bond donors (Lipinski definition) is 2. The minimum absolute atomic E-state index is 0.296. The molecule has 0 amide bonds. The number of nitrogen functional groups attached to an aromatic ring is 1. The third kappa shape index (κ3) is 2.54. The highest BCUT2D eigenvalue weighted by Crippen LogP contribution is 2.19. The summed E-state index contributed by atoms with van der Waals surface area (Å²) >= 11 is 0. The van der Waals surface area contributed by atoms with Gasteiger partial charge in [0.2, 0.25) is 0 Å². The molecule has 0 heterocycles. The minimum Gasteiger partial charge on any atom is -0.399 e. The molecular formula is C14H16N2. The van der Waals surface area contributed by atoms with Gasteiger partial charge in [-0.15, -0.1) is 0 Å². The highest BCUT2D eigenvalue weighted by molar-refractivity contribution is 5.52. The Bertz CT molecular complexity index is 434. The quantitative estimate of drug-likeness (QED) is 0.765. The maximum atomic E-state index is 5.64. The largest absolute Gasteiger partial charge is 0.399 e. The van der Waals surface area contributed by atoms with E-state index >= 15 is 0 Å². The average molecular weight is 212 g/mol. The van der Waals surface area contributed by atoms with Gasteiger partial charge in [-0.05, 0) is 36.8 Å². The SMILES string of the molecule is CC(Nc1ccc(N)cc1)c1ccccc1. The van der Waals surface area contributed by atoms with Crippen LogP contribution >= 0.6 is 0 Å². The van der Waals surface area contributed by atoms with Gasteiger partial charge < -0.3 is 11.1 Å². The predicted octanol–water partition coefficient (Wildman–Crippen LogP) is 3.44. The lowest BCUT2D eigenvalue weighted by molar-refractivity contribution is 0.885. The standard InChI is InChI=1S/C14H16N2/c1-11(12-5-3-2-4-6-12)16-14-9-7-13(15)8-10-14/h2-11,16H,15H2,1H3. The van der Waals surface area contributed by atoms with Gasteiger partial charge in [0.05, 0.1) is 0 Å². The summed E-state index contributed by atoms with van der Waals surface area (Å²) < 4.78 is 0. The van der Waals surface area contributed by atoms with E-state index in [4.69, 9.17) is 5.73 Å². The van der Waals surface area contributed by atoms with Crippen molar-refractivity contribution >= 4 is 11.4 Å². The minimum atomic E-state index is 0.296. The number of nitrogens with one attached hydrogen (secondary N) is 1. The Morgan fingerprint density at radius 2 is 1.56 bits per heavy atom. The van der Waals surface area contributed by atoms with Crippen molar-refractivity contribution in [3.8, 4) is 0 Å². The van der Waals surface area contributed by atoms with E-state index in [0.717, 1.165) is 11.4 Å². The summed E-state index contributed by atoms with van der Waals surface area (Å²) in [5.41, 5.74) is 8.80. The third-order valence-corrected chi connectivity index (χ3v) is 2.59. The first-order valence-electron chi connectivity index (χ1n) is 5.43. The maximum absolute atomic E-state index is 5.64. The lowest BCUT2D eigenvalue weighted by atomic mass is 10.1. The Hall–Kier alpha value is -1.96. The topological polar surface area (TPSA) is 38.0 Å². The summed E-state index contributed by atoms with van der Waals surface area (Å²) in [4.78, 5) is 0. The molecule has 0 radical (unpaired) electrons. The fraction of sp³-hybridized carbons (Fsp3) is 0.143. The number of nitrogens with two attached hydrogens (primary N) is 1.